The number of aromatic nitrogens is 4. The summed E-state index contributed by atoms with van der Waals surface area (Å²) in [6.07, 6.45) is 6.68. The van der Waals surface area contributed by atoms with E-state index in [-0.39, 0.29) is 5.56 Å². The Bertz CT molecular complexity index is 1020. The summed E-state index contributed by atoms with van der Waals surface area (Å²) in [5.74, 6) is 0. The lowest BCUT2D eigenvalue weighted by molar-refractivity contribution is 1.00. The average molecular weight is 297 g/mol. The molecule has 0 spiro atoms. The lowest BCUT2D eigenvalue weighted by atomic mass is 10.2. The Labute approximate surface area is 124 Å². The molecule has 4 aromatic rings. The SMILES string of the molecule is O=c1c2nccn2c2ccc(Cl)cc2n1-c1cccnc1. The van der Waals surface area contributed by atoms with Crippen molar-refractivity contribution < 1.29 is 0 Å². The number of nitrogens with zero attached hydrogens (tertiary/aromatic N) is 4. The van der Waals surface area contributed by atoms with Gasteiger partial charge < -0.3 is 0 Å². The lowest BCUT2D eigenvalue weighted by Gasteiger charge is -2.11. The molecule has 5 nitrogen and oxygen atoms in total. The third kappa shape index (κ3) is 1.75. The molecule has 0 bridgehead atoms. The fourth-order valence-corrected chi connectivity index (χ4v) is 2.65. The number of fused-ring (bicyclic) bond motifs is 3. The van der Waals surface area contributed by atoms with E-state index in [1.807, 2.05) is 12.1 Å². The van der Waals surface area contributed by atoms with E-state index in [4.69, 9.17) is 11.6 Å². The number of hydrogen-bond donors (Lipinski definition) is 0. The highest BCUT2D eigenvalue weighted by Gasteiger charge is 2.13. The van der Waals surface area contributed by atoms with Gasteiger partial charge in [-0.05, 0) is 30.3 Å². The average Bonchev–Trinajstić information content (AvgIpc) is 2.98. The quantitative estimate of drug-likeness (QED) is 0.543. The van der Waals surface area contributed by atoms with Crippen molar-refractivity contribution >= 4 is 28.3 Å². The molecule has 0 atom stereocenters. The Kier molecular flexibility index (Phi) is 2.55. The van der Waals surface area contributed by atoms with Gasteiger partial charge in [0.15, 0.2) is 0 Å². The van der Waals surface area contributed by atoms with Crippen molar-refractivity contribution in [2.45, 2.75) is 0 Å². The smallest absolute Gasteiger partial charge is 0.294 e. The first-order valence-electron chi connectivity index (χ1n) is 6.33. The molecule has 0 radical (unpaired) electrons. The van der Waals surface area contributed by atoms with Crippen LogP contribution in [0.2, 0.25) is 5.02 Å². The molecule has 102 valence electrons. The second kappa shape index (κ2) is 4.43. The first-order chi connectivity index (χ1) is 10.3. The van der Waals surface area contributed by atoms with Crippen LogP contribution in [0.4, 0.5) is 0 Å². The van der Waals surface area contributed by atoms with Crippen LogP contribution in [-0.2, 0) is 0 Å². The summed E-state index contributed by atoms with van der Waals surface area (Å²) in [5, 5.41) is 0.569. The standard InChI is InChI=1S/C15H9ClN4O/c16-10-3-4-12-13(8-10)20(11-2-1-5-17-9-11)15(21)14-18-6-7-19(12)14/h1-9H. The van der Waals surface area contributed by atoms with Crippen LogP contribution in [0.5, 0.6) is 0 Å². The minimum Gasteiger partial charge on any atom is -0.294 e. The predicted octanol–water partition coefficient (Wildman–Crippen LogP) is 2.69. The number of benzene rings is 1. The maximum atomic E-state index is 12.7. The molecule has 21 heavy (non-hydrogen) atoms. The zero-order valence-corrected chi connectivity index (χ0v) is 11.5. The zero-order valence-electron chi connectivity index (χ0n) is 10.8. The maximum Gasteiger partial charge on any atom is 0.299 e. The van der Waals surface area contributed by atoms with Gasteiger partial charge in [-0.2, -0.15) is 0 Å². The number of pyridine rings is 1. The van der Waals surface area contributed by atoms with E-state index in [1.54, 1.807) is 52.0 Å². The molecule has 0 aliphatic rings. The van der Waals surface area contributed by atoms with Crippen molar-refractivity contribution in [1.29, 1.82) is 0 Å². The highest BCUT2D eigenvalue weighted by Crippen LogP contribution is 2.21. The van der Waals surface area contributed by atoms with Crippen molar-refractivity contribution in [2.24, 2.45) is 0 Å². The molecular weight excluding hydrogens is 288 g/mol. The lowest BCUT2D eigenvalue weighted by Crippen LogP contribution is -2.21. The summed E-state index contributed by atoms with van der Waals surface area (Å²) in [6.45, 7) is 0. The molecule has 4 rings (SSSR count). The van der Waals surface area contributed by atoms with Gasteiger partial charge in [-0.1, -0.05) is 11.6 Å². The van der Waals surface area contributed by atoms with Crippen molar-refractivity contribution in [2.75, 3.05) is 0 Å². The Balaban J connectivity index is 2.28. The topological polar surface area (TPSA) is 52.2 Å². The number of halogens is 1. The van der Waals surface area contributed by atoms with Crippen LogP contribution < -0.4 is 5.56 Å². The van der Waals surface area contributed by atoms with Crippen LogP contribution in [0.1, 0.15) is 0 Å². The molecule has 0 aliphatic carbocycles. The monoisotopic (exact) mass is 296 g/mol. The molecule has 0 fully saturated rings. The molecule has 0 saturated carbocycles. The summed E-state index contributed by atoms with van der Waals surface area (Å²) >= 11 is 6.10. The summed E-state index contributed by atoms with van der Waals surface area (Å²) in [7, 11) is 0. The second-order valence-electron chi connectivity index (χ2n) is 4.61. The maximum absolute atomic E-state index is 12.7. The summed E-state index contributed by atoms with van der Waals surface area (Å²) in [5.41, 5.74) is 2.41. The molecule has 0 unspecified atom stereocenters. The first kappa shape index (κ1) is 12.1. The van der Waals surface area contributed by atoms with Crippen LogP contribution in [0.3, 0.4) is 0 Å². The van der Waals surface area contributed by atoms with Gasteiger partial charge in [0.25, 0.3) is 5.56 Å². The van der Waals surface area contributed by atoms with Gasteiger partial charge in [0.05, 0.1) is 22.9 Å². The molecule has 0 saturated heterocycles. The molecule has 0 amide bonds. The zero-order chi connectivity index (χ0) is 14.4. The van der Waals surface area contributed by atoms with E-state index in [9.17, 15) is 4.79 Å². The van der Waals surface area contributed by atoms with Crippen molar-refractivity contribution in [3.63, 3.8) is 0 Å². The fourth-order valence-electron chi connectivity index (χ4n) is 2.49. The van der Waals surface area contributed by atoms with E-state index in [1.165, 1.54) is 0 Å². The third-order valence-corrected chi connectivity index (χ3v) is 3.61. The second-order valence-corrected chi connectivity index (χ2v) is 5.04. The molecular formula is C15H9ClN4O. The molecule has 6 heteroatoms. The Morgan fingerprint density at radius 3 is 2.81 bits per heavy atom. The van der Waals surface area contributed by atoms with Crippen LogP contribution in [0, 0.1) is 0 Å². The Morgan fingerprint density at radius 1 is 1.10 bits per heavy atom. The molecule has 0 N–H and O–H groups in total. The van der Waals surface area contributed by atoms with E-state index in [2.05, 4.69) is 9.97 Å². The van der Waals surface area contributed by atoms with E-state index in [0.29, 0.717) is 21.9 Å². The van der Waals surface area contributed by atoms with Crippen molar-refractivity contribution in [3.8, 4) is 5.69 Å². The van der Waals surface area contributed by atoms with Crippen LogP contribution in [0.15, 0.2) is 59.9 Å². The molecule has 0 aliphatic heterocycles. The minimum atomic E-state index is -0.206. The third-order valence-electron chi connectivity index (χ3n) is 3.38. The summed E-state index contributed by atoms with van der Waals surface area (Å²) in [6, 6.07) is 9.05. The molecule has 1 aromatic carbocycles. The largest absolute Gasteiger partial charge is 0.299 e. The van der Waals surface area contributed by atoms with Gasteiger partial charge >= 0.3 is 0 Å². The summed E-state index contributed by atoms with van der Waals surface area (Å²) < 4.78 is 3.34. The van der Waals surface area contributed by atoms with Gasteiger partial charge in [-0.15, -0.1) is 0 Å². The van der Waals surface area contributed by atoms with Gasteiger partial charge in [0.2, 0.25) is 5.65 Å². The van der Waals surface area contributed by atoms with Gasteiger partial charge in [0, 0.05) is 23.6 Å². The number of hydrogen-bond acceptors (Lipinski definition) is 3. The first-order valence-corrected chi connectivity index (χ1v) is 6.71. The normalized spacial score (nSPS) is 11.3. The predicted molar refractivity (Wildman–Crippen MR) is 81.1 cm³/mol. The van der Waals surface area contributed by atoms with Crippen LogP contribution in [0.25, 0.3) is 22.4 Å². The highest BCUT2D eigenvalue weighted by atomic mass is 35.5. The molecule has 3 heterocycles. The number of imidazole rings is 1. The van der Waals surface area contributed by atoms with E-state index < -0.39 is 0 Å². The highest BCUT2D eigenvalue weighted by molar-refractivity contribution is 6.31. The fraction of sp³-hybridized carbons (Fsp3) is 0. The van der Waals surface area contributed by atoms with Gasteiger partial charge in [-0.3, -0.25) is 18.7 Å². The number of rotatable bonds is 1. The summed E-state index contributed by atoms with van der Waals surface area (Å²) in [4.78, 5) is 21.0. The Hall–Kier alpha value is -2.66. The Morgan fingerprint density at radius 2 is 2.00 bits per heavy atom. The van der Waals surface area contributed by atoms with Crippen LogP contribution >= 0.6 is 11.6 Å². The van der Waals surface area contributed by atoms with E-state index in [0.717, 1.165) is 5.52 Å². The minimum absolute atomic E-state index is 0.206. The van der Waals surface area contributed by atoms with Crippen LogP contribution in [-0.4, -0.2) is 18.9 Å². The van der Waals surface area contributed by atoms with Crippen molar-refractivity contribution in [3.05, 3.63) is 70.5 Å². The van der Waals surface area contributed by atoms with Gasteiger partial charge in [0.1, 0.15) is 0 Å². The van der Waals surface area contributed by atoms with Crippen molar-refractivity contribution in [1.82, 2.24) is 18.9 Å². The molecule has 3 aromatic heterocycles. The van der Waals surface area contributed by atoms with E-state index >= 15 is 0 Å². The van der Waals surface area contributed by atoms with Gasteiger partial charge in [-0.25, -0.2) is 4.98 Å².